The van der Waals surface area contributed by atoms with E-state index >= 15 is 0 Å². The Bertz CT molecular complexity index is 907. The number of benzene rings is 1. The first-order valence-electron chi connectivity index (χ1n) is 12.3. The standard InChI is InChI=1S/C25H36N4O5/c1-27(2)11-4-3-10-26-23(31)19-16-21-24(32)28-12-6-9-20(28)25(33)29(21)22(19)17-7-5-8-18(15-17)34-14-13-30/h5,7-8,15,19-22,30H,3-4,6,9-14,16H2,1-2H3,(H,26,31)/t19-,20+,21-,22-/m1/s1. The molecule has 3 amide bonds. The molecule has 0 spiro atoms. The van der Waals surface area contributed by atoms with Gasteiger partial charge in [-0.15, -0.1) is 0 Å². The highest BCUT2D eigenvalue weighted by molar-refractivity contribution is 5.99. The summed E-state index contributed by atoms with van der Waals surface area (Å²) in [5.74, 6) is -0.168. The van der Waals surface area contributed by atoms with Gasteiger partial charge in [-0.05, 0) is 70.4 Å². The average molecular weight is 473 g/mol. The van der Waals surface area contributed by atoms with Crippen molar-refractivity contribution in [1.29, 1.82) is 0 Å². The molecule has 4 rings (SSSR count). The lowest BCUT2D eigenvalue weighted by Gasteiger charge is -2.41. The maximum absolute atomic E-state index is 13.5. The van der Waals surface area contributed by atoms with Gasteiger partial charge in [0.2, 0.25) is 17.7 Å². The fraction of sp³-hybridized carbons (Fsp3) is 0.640. The highest BCUT2D eigenvalue weighted by Gasteiger charge is 2.57. The number of carbonyl (C=O) groups excluding carboxylic acids is 3. The minimum atomic E-state index is -0.613. The Morgan fingerprint density at radius 1 is 1.21 bits per heavy atom. The molecule has 2 N–H and O–H groups in total. The molecule has 3 heterocycles. The molecule has 1 aromatic carbocycles. The van der Waals surface area contributed by atoms with Crippen LogP contribution in [0.5, 0.6) is 5.75 Å². The van der Waals surface area contributed by atoms with Crippen molar-refractivity contribution in [2.24, 2.45) is 5.92 Å². The molecule has 0 aliphatic carbocycles. The van der Waals surface area contributed by atoms with Gasteiger partial charge in [-0.25, -0.2) is 0 Å². The average Bonchev–Trinajstić information content (AvgIpc) is 3.47. The van der Waals surface area contributed by atoms with E-state index in [0.29, 0.717) is 31.7 Å². The fourth-order valence-corrected chi connectivity index (χ4v) is 5.52. The van der Waals surface area contributed by atoms with Crippen molar-refractivity contribution in [1.82, 2.24) is 20.0 Å². The van der Waals surface area contributed by atoms with E-state index in [-0.39, 0.29) is 30.9 Å². The van der Waals surface area contributed by atoms with Gasteiger partial charge in [0.15, 0.2) is 0 Å². The highest BCUT2D eigenvalue weighted by atomic mass is 16.5. The van der Waals surface area contributed by atoms with E-state index in [9.17, 15) is 14.4 Å². The number of aliphatic hydroxyl groups excluding tert-OH is 1. The third kappa shape index (κ3) is 4.90. The van der Waals surface area contributed by atoms with Gasteiger partial charge in [-0.3, -0.25) is 14.4 Å². The van der Waals surface area contributed by atoms with Gasteiger partial charge in [-0.2, -0.15) is 0 Å². The zero-order valence-electron chi connectivity index (χ0n) is 20.1. The number of hydrogen-bond donors (Lipinski definition) is 2. The van der Waals surface area contributed by atoms with Gasteiger partial charge in [0.25, 0.3) is 0 Å². The van der Waals surface area contributed by atoms with Crippen molar-refractivity contribution in [2.75, 3.05) is 46.9 Å². The second-order valence-corrected chi connectivity index (χ2v) is 9.68. The highest BCUT2D eigenvalue weighted by Crippen LogP contribution is 2.46. The topological polar surface area (TPSA) is 102 Å². The van der Waals surface area contributed by atoms with Crippen LogP contribution in [-0.2, 0) is 14.4 Å². The van der Waals surface area contributed by atoms with Crippen molar-refractivity contribution in [3.8, 4) is 5.75 Å². The molecule has 3 saturated heterocycles. The summed E-state index contributed by atoms with van der Waals surface area (Å²) in [4.78, 5) is 45.7. The number of piperazine rings is 1. The Hall–Kier alpha value is -2.65. The third-order valence-electron chi connectivity index (χ3n) is 7.08. The molecule has 0 unspecified atom stereocenters. The molecule has 0 bridgehead atoms. The molecule has 186 valence electrons. The summed E-state index contributed by atoms with van der Waals surface area (Å²) in [7, 11) is 4.05. The number of fused-ring (bicyclic) bond motifs is 2. The second kappa shape index (κ2) is 10.7. The van der Waals surface area contributed by atoms with Crippen LogP contribution in [0.4, 0.5) is 0 Å². The molecule has 34 heavy (non-hydrogen) atoms. The fourth-order valence-electron chi connectivity index (χ4n) is 5.52. The van der Waals surface area contributed by atoms with Crippen LogP contribution < -0.4 is 10.1 Å². The Balaban J connectivity index is 1.58. The molecule has 3 fully saturated rings. The van der Waals surface area contributed by atoms with Crippen molar-refractivity contribution in [2.45, 2.75) is 50.2 Å². The normalized spacial score (nSPS) is 26.1. The number of unbranched alkanes of at least 4 members (excludes halogenated alkanes) is 1. The van der Waals surface area contributed by atoms with Crippen molar-refractivity contribution in [3.05, 3.63) is 29.8 Å². The maximum atomic E-state index is 13.5. The smallest absolute Gasteiger partial charge is 0.246 e. The molecule has 0 radical (unpaired) electrons. The number of nitrogens with zero attached hydrogens (tertiary/aromatic N) is 3. The number of aliphatic hydroxyl groups is 1. The minimum absolute atomic E-state index is 0.0407. The number of ether oxygens (including phenoxy) is 1. The molecule has 4 atom stereocenters. The van der Waals surface area contributed by atoms with Gasteiger partial charge in [-0.1, -0.05) is 12.1 Å². The Labute approximate surface area is 201 Å². The largest absolute Gasteiger partial charge is 0.491 e. The summed E-state index contributed by atoms with van der Waals surface area (Å²) in [6.07, 6.45) is 3.67. The van der Waals surface area contributed by atoms with Gasteiger partial charge < -0.3 is 29.9 Å². The first kappa shape index (κ1) is 24.5. The Morgan fingerprint density at radius 3 is 2.79 bits per heavy atom. The van der Waals surface area contributed by atoms with Gasteiger partial charge in [0, 0.05) is 13.1 Å². The van der Waals surface area contributed by atoms with Crippen LogP contribution >= 0.6 is 0 Å². The Kier molecular flexibility index (Phi) is 7.73. The number of hydrogen-bond acceptors (Lipinski definition) is 6. The number of nitrogens with one attached hydrogen (secondary N) is 1. The summed E-state index contributed by atoms with van der Waals surface area (Å²) >= 11 is 0. The van der Waals surface area contributed by atoms with Gasteiger partial charge in [0.05, 0.1) is 18.6 Å². The first-order chi connectivity index (χ1) is 16.4. The van der Waals surface area contributed by atoms with Crippen LogP contribution in [0.15, 0.2) is 24.3 Å². The van der Waals surface area contributed by atoms with E-state index in [1.807, 2.05) is 32.3 Å². The maximum Gasteiger partial charge on any atom is 0.246 e. The SMILES string of the molecule is CN(C)CCCCNC(=O)[C@@H]1C[C@@H]2C(=O)N3CCC[C@H]3C(=O)N2[C@@H]1c1cccc(OCCO)c1. The van der Waals surface area contributed by atoms with Crippen molar-refractivity contribution < 1.29 is 24.2 Å². The summed E-state index contributed by atoms with van der Waals surface area (Å²) in [5, 5.41) is 12.2. The predicted octanol–water partition coefficient (Wildman–Crippen LogP) is 0.779. The summed E-state index contributed by atoms with van der Waals surface area (Å²) in [6, 6.07) is 5.75. The van der Waals surface area contributed by atoms with E-state index in [4.69, 9.17) is 9.84 Å². The quantitative estimate of drug-likeness (QED) is 0.488. The molecule has 0 aromatic heterocycles. The number of carbonyl (C=O) groups is 3. The lowest BCUT2D eigenvalue weighted by atomic mass is 9.92. The molecular weight excluding hydrogens is 436 g/mol. The molecule has 1 aromatic rings. The van der Waals surface area contributed by atoms with Crippen LogP contribution in [-0.4, -0.2) is 96.6 Å². The number of amides is 3. The van der Waals surface area contributed by atoms with Crippen LogP contribution in [0.1, 0.15) is 43.7 Å². The molecular formula is C25H36N4O5. The first-order valence-corrected chi connectivity index (χ1v) is 12.3. The van der Waals surface area contributed by atoms with E-state index in [0.717, 1.165) is 31.4 Å². The number of rotatable bonds is 10. The van der Waals surface area contributed by atoms with E-state index in [2.05, 4.69) is 10.2 Å². The second-order valence-electron chi connectivity index (χ2n) is 9.68. The van der Waals surface area contributed by atoms with Crippen LogP contribution in [0, 0.1) is 5.92 Å². The van der Waals surface area contributed by atoms with E-state index in [1.54, 1.807) is 15.9 Å². The molecule has 9 nitrogen and oxygen atoms in total. The summed E-state index contributed by atoms with van der Waals surface area (Å²) < 4.78 is 5.58. The van der Waals surface area contributed by atoms with E-state index in [1.165, 1.54) is 0 Å². The minimum Gasteiger partial charge on any atom is -0.491 e. The Morgan fingerprint density at radius 2 is 2.03 bits per heavy atom. The molecule has 3 aliphatic rings. The van der Waals surface area contributed by atoms with Crippen molar-refractivity contribution in [3.63, 3.8) is 0 Å². The van der Waals surface area contributed by atoms with Crippen LogP contribution in [0.2, 0.25) is 0 Å². The van der Waals surface area contributed by atoms with Crippen molar-refractivity contribution >= 4 is 17.7 Å². The third-order valence-corrected chi connectivity index (χ3v) is 7.08. The van der Waals surface area contributed by atoms with Gasteiger partial charge >= 0.3 is 0 Å². The van der Waals surface area contributed by atoms with E-state index < -0.39 is 24.0 Å². The van der Waals surface area contributed by atoms with Gasteiger partial charge in [0.1, 0.15) is 24.4 Å². The lowest BCUT2D eigenvalue weighted by molar-refractivity contribution is -0.159. The molecule has 9 heteroatoms. The zero-order chi connectivity index (χ0) is 24.2. The molecule has 0 saturated carbocycles. The van der Waals surface area contributed by atoms with Crippen LogP contribution in [0.25, 0.3) is 0 Å². The zero-order valence-corrected chi connectivity index (χ0v) is 20.1. The summed E-state index contributed by atoms with van der Waals surface area (Å²) in [6.45, 7) is 2.18. The summed E-state index contributed by atoms with van der Waals surface area (Å²) in [5.41, 5.74) is 0.776. The lowest BCUT2D eigenvalue weighted by Crippen LogP contribution is -2.60. The predicted molar refractivity (Wildman–Crippen MR) is 126 cm³/mol. The van der Waals surface area contributed by atoms with Crippen LogP contribution in [0.3, 0.4) is 0 Å². The monoisotopic (exact) mass is 472 g/mol. The molecule has 3 aliphatic heterocycles.